The number of hydrogen-bond acceptors (Lipinski definition) is 5. The van der Waals surface area contributed by atoms with Crippen LogP contribution in [-0.4, -0.2) is 24.1 Å². The van der Waals surface area contributed by atoms with Gasteiger partial charge in [-0.05, 0) is 155 Å². The summed E-state index contributed by atoms with van der Waals surface area (Å²) in [6, 6.07) is 77.2. The molecule has 15 rings (SSSR count). The molecular weight excluding hydrogens is 939 g/mol. The molecule has 7 heteroatoms. The number of nitrogens with zero attached hydrogens (tertiary/aromatic N) is 7. The molecule has 0 aliphatic heterocycles. The number of benzene rings is 9. The van der Waals surface area contributed by atoms with Crippen molar-refractivity contribution in [1.29, 1.82) is 0 Å². The third-order valence-electron chi connectivity index (χ3n) is 17.0. The van der Waals surface area contributed by atoms with Gasteiger partial charge in [-0.25, -0.2) is 0 Å². The Bertz CT molecular complexity index is 4480. The van der Waals surface area contributed by atoms with E-state index in [0.717, 1.165) is 79.8 Å². The lowest BCUT2D eigenvalue weighted by atomic mass is 9.79. The molecule has 3 aliphatic rings. The minimum Gasteiger partial charge on any atom is -0.309 e. The van der Waals surface area contributed by atoms with Gasteiger partial charge in [0.2, 0.25) is 11.9 Å². The lowest BCUT2D eigenvalue weighted by Gasteiger charge is -2.32. The Morgan fingerprint density at radius 3 is 1.48 bits per heavy atom. The number of anilines is 5. The zero-order valence-corrected chi connectivity index (χ0v) is 43.8. The second-order valence-corrected chi connectivity index (χ2v) is 22.0. The molecule has 77 heavy (non-hydrogen) atoms. The number of allylic oxidation sites excluding steroid dienone is 4. The van der Waals surface area contributed by atoms with Gasteiger partial charge in [0.15, 0.2) is 0 Å². The van der Waals surface area contributed by atoms with Crippen molar-refractivity contribution in [1.82, 2.24) is 24.1 Å². The van der Waals surface area contributed by atoms with Gasteiger partial charge >= 0.3 is 0 Å². The van der Waals surface area contributed by atoms with E-state index in [4.69, 9.17) is 15.0 Å². The van der Waals surface area contributed by atoms with E-state index in [2.05, 4.69) is 265 Å². The van der Waals surface area contributed by atoms with Crippen LogP contribution in [0.4, 0.5) is 29.0 Å². The smallest absolute Gasteiger partial charge is 0.239 e. The van der Waals surface area contributed by atoms with Gasteiger partial charge in [-0.3, -0.25) is 9.80 Å². The van der Waals surface area contributed by atoms with Crippen molar-refractivity contribution in [3.8, 4) is 22.5 Å². The lowest BCUT2D eigenvalue weighted by molar-refractivity contribution is 0.648. The average Bonchev–Trinajstić information content (AvgIpc) is 4.27. The summed E-state index contributed by atoms with van der Waals surface area (Å²) in [7, 11) is 0. The maximum absolute atomic E-state index is 5.72. The first-order chi connectivity index (χ1) is 37.6. The molecule has 0 amide bonds. The first-order valence-corrected chi connectivity index (χ1v) is 26.9. The summed E-state index contributed by atoms with van der Waals surface area (Å²) in [5.41, 5.74) is 21.2. The third-order valence-corrected chi connectivity index (χ3v) is 17.0. The van der Waals surface area contributed by atoms with Crippen molar-refractivity contribution in [2.75, 3.05) is 9.80 Å². The maximum atomic E-state index is 5.72. The van der Waals surface area contributed by atoms with E-state index in [-0.39, 0.29) is 10.8 Å². The molecule has 12 aromatic rings. The van der Waals surface area contributed by atoms with E-state index in [9.17, 15) is 0 Å². The van der Waals surface area contributed by atoms with Crippen LogP contribution < -0.4 is 9.80 Å². The second-order valence-electron chi connectivity index (χ2n) is 22.0. The molecule has 3 aromatic heterocycles. The summed E-state index contributed by atoms with van der Waals surface area (Å²) in [4.78, 5) is 21.0. The number of para-hydroxylation sites is 4. The van der Waals surface area contributed by atoms with Crippen LogP contribution >= 0.6 is 0 Å². The molecule has 0 fully saturated rings. The van der Waals surface area contributed by atoms with Crippen LogP contribution in [0, 0.1) is 6.92 Å². The van der Waals surface area contributed by atoms with Gasteiger partial charge in [0.1, 0.15) is 5.82 Å². The molecule has 0 radical (unpaired) electrons. The minimum atomic E-state index is -0.228. The molecule has 7 nitrogen and oxygen atoms in total. The molecule has 3 heterocycles. The van der Waals surface area contributed by atoms with Crippen molar-refractivity contribution >= 4 is 78.1 Å². The van der Waals surface area contributed by atoms with Gasteiger partial charge in [-0.1, -0.05) is 155 Å². The van der Waals surface area contributed by atoms with Crippen molar-refractivity contribution in [2.45, 2.75) is 58.3 Å². The molecule has 370 valence electrons. The first kappa shape index (κ1) is 45.1. The van der Waals surface area contributed by atoms with Crippen molar-refractivity contribution in [2.24, 2.45) is 0 Å². The summed E-state index contributed by atoms with van der Waals surface area (Å²) in [5.74, 6) is 1.74. The number of aryl methyl sites for hydroxylation is 1. The Hall–Kier alpha value is -9.33. The summed E-state index contributed by atoms with van der Waals surface area (Å²) >= 11 is 0. The van der Waals surface area contributed by atoms with Gasteiger partial charge in [0.05, 0.1) is 22.1 Å². The summed E-state index contributed by atoms with van der Waals surface area (Å²) in [5, 5.41) is 4.67. The van der Waals surface area contributed by atoms with E-state index in [1.807, 2.05) is 6.92 Å². The fourth-order valence-corrected chi connectivity index (χ4v) is 13.3. The maximum Gasteiger partial charge on any atom is 0.239 e. The monoisotopic (exact) mass is 993 g/mol. The minimum absolute atomic E-state index is 0.184. The number of rotatable bonds is 8. The van der Waals surface area contributed by atoms with Crippen LogP contribution in [0.2, 0.25) is 0 Å². The zero-order chi connectivity index (χ0) is 51.7. The quantitative estimate of drug-likeness (QED) is 0.152. The number of hydrogen-bond donors (Lipinski definition) is 0. The highest BCUT2D eigenvalue weighted by Gasteiger charge is 2.40. The zero-order valence-electron chi connectivity index (χ0n) is 43.8. The third kappa shape index (κ3) is 6.79. The van der Waals surface area contributed by atoms with Crippen LogP contribution in [0.3, 0.4) is 0 Å². The van der Waals surface area contributed by atoms with Gasteiger partial charge in [-0.15, -0.1) is 0 Å². The Morgan fingerprint density at radius 2 is 0.857 bits per heavy atom. The highest BCUT2D eigenvalue weighted by Crippen LogP contribution is 2.54. The topological polar surface area (TPSA) is 55.0 Å². The molecule has 9 aromatic carbocycles. The molecule has 0 saturated heterocycles. The second kappa shape index (κ2) is 16.8. The van der Waals surface area contributed by atoms with E-state index < -0.39 is 0 Å². The van der Waals surface area contributed by atoms with Crippen molar-refractivity contribution in [3.05, 3.63) is 258 Å². The average molecular weight is 994 g/mol. The number of fused-ring (bicyclic) bond motifs is 11. The van der Waals surface area contributed by atoms with Crippen LogP contribution in [0.15, 0.2) is 230 Å². The molecule has 0 saturated carbocycles. The first-order valence-electron chi connectivity index (χ1n) is 26.9. The largest absolute Gasteiger partial charge is 0.309 e. The highest BCUT2D eigenvalue weighted by molar-refractivity contribution is 6.12. The van der Waals surface area contributed by atoms with Crippen LogP contribution in [-0.2, 0) is 10.8 Å². The SMILES string of the molecule is Cc1nc(N(C2=CC3=C(CC2)c2ccccc2C3(C)C)c2ccc3c(c2)c2ccccc2n3-c2ccccc2)nc(N(c2ccc3c(c2)C(C)(C)c2ccccc2-3)c2ccc3c(c2)c2ccccc2n3-c2ccccc2)n1. The Labute approximate surface area is 448 Å². The molecule has 0 atom stereocenters. The highest BCUT2D eigenvalue weighted by atomic mass is 15.4. The van der Waals surface area contributed by atoms with Crippen molar-refractivity contribution < 1.29 is 0 Å². The van der Waals surface area contributed by atoms with Gasteiger partial charge in [-0.2, -0.15) is 15.0 Å². The Morgan fingerprint density at radius 1 is 0.390 bits per heavy atom. The molecule has 0 bridgehead atoms. The van der Waals surface area contributed by atoms with Crippen LogP contribution in [0.1, 0.15) is 68.6 Å². The molecule has 0 spiro atoms. The Balaban J connectivity index is 0.963. The summed E-state index contributed by atoms with van der Waals surface area (Å²) in [6.07, 6.45) is 4.16. The summed E-state index contributed by atoms with van der Waals surface area (Å²) in [6.45, 7) is 11.4. The molecule has 0 unspecified atom stereocenters. The molecule has 3 aliphatic carbocycles. The van der Waals surface area contributed by atoms with E-state index >= 15 is 0 Å². The predicted molar refractivity (Wildman–Crippen MR) is 318 cm³/mol. The fourth-order valence-electron chi connectivity index (χ4n) is 13.3. The van der Waals surface area contributed by atoms with Gasteiger partial charge in [0, 0.05) is 66.5 Å². The van der Waals surface area contributed by atoms with Crippen LogP contribution in [0.5, 0.6) is 0 Å². The van der Waals surface area contributed by atoms with E-state index in [1.54, 1.807) is 0 Å². The lowest BCUT2D eigenvalue weighted by Crippen LogP contribution is -2.25. The normalized spacial score (nSPS) is 14.9. The van der Waals surface area contributed by atoms with E-state index in [1.165, 1.54) is 55.3 Å². The van der Waals surface area contributed by atoms with E-state index in [0.29, 0.717) is 17.7 Å². The molecule has 0 N–H and O–H groups in total. The standard InChI is InChI=1S/C70H55N7/c1-44-71-67(74(49-32-36-53-51-24-12-16-28-59(51)69(2,3)61(53)42-49)47-34-38-65-57(40-47)55-26-14-18-30-63(55)76(65)45-20-8-6-9-21-45)73-68(72-44)75(50-33-37-54-52-25-13-17-29-60(52)70(4,5)62(54)43-50)48-35-39-66-58(41-48)56-27-15-19-31-64(56)77(66)46-22-10-7-11-23-46/h6-32,34-36,38-43H,33,37H2,1-5H3. The fraction of sp³-hybridized carbons (Fsp3) is 0.129. The van der Waals surface area contributed by atoms with Crippen LogP contribution in [0.25, 0.3) is 71.7 Å². The molecular formula is C70H55N7. The summed E-state index contributed by atoms with van der Waals surface area (Å²) < 4.78 is 4.75. The predicted octanol–water partition coefficient (Wildman–Crippen LogP) is 17.7. The van der Waals surface area contributed by atoms with Gasteiger partial charge in [0.25, 0.3) is 0 Å². The van der Waals surface area contributed by atoms with Crippen molar-refractivity contribution in [3.63, 3.8) is 0 Å². The number of aromatic nitrogens is 5. The Kier molecular flexibility index (Phi) is 9.86. The van der Waals surface area contributed by atoms with Gasteiger partial charge < -0.3 is 9.13 Å².